The van der Waals surface area contributed by atoms with Gasteiger partial charge in [0.15, 0.2) is 0 Å². The van der Waals surface area contributed by atoms with Gasteiger partial charge in [-0.15, -0.1) is 0 Å². The summed E-state index contributed by atoms with van der Waals surface area (Å²) in [5, 5.41) is 0. The van der Waals surface area contributed by atoms with Gasteiger partial charge in [-0.1, -0.05) is 15.9 Å². The molecule has 0 aliphatic carbocycles. The highest BCUT2D eigenvalue weighted by Gasteiger charge is 2.43. The van der Waals surface area contributed by atoms with Gasteiger partial charge in [0.1, 0.15) is 11.9 Å². The van der Waals surface area contributed by atoms with Gasteiger partial charge < -0.3 is 4.74 Å². The predicted molar refractivity (Wildman–Crippen MR) is 94.8 cm³/mol. The molecule has 2 aromatic rings. The summed E-state index contributed by atoms with van der Waals surface area (Å²) < 4.78 is 97.8. The fourth-order valence-corrected chi connectivity index (χ4v) is 3.52. The van der Waals surface area contributed by atoms with Crippen molar-refractivity contribution in [1.82, 2.24) is 4.90 Å². The highest BCUT2D eigenvalue weighted by molar-refractivity contribution is 9.10. The number of benzene rings is 2. The Labute approximate surface area is 174 Å². The Morgan fingerprint density at radius 1 is 1.00 bits per heavy atom. The van der Waals surface area contributed by atoms with Crippen molar-refractivity contribution in [2.24, 2.45) is 0 Å². The van der Waals surface area contributed by atoms with Gasteiger partial charge in [0.2, 0.25) is 0 Å². The van der Waals surface area contributed by atoms with E-state index in [1.807, 2.05) is 0 Å². The molecule has 2 unspecified atom stereocenters. The van der Waals surface area contributed by atoms with Crippen LogP contribution in [-0.2, 0) is 23.6 Å². The average Bonchev–Trinajstić information content (AvgIpc) is 2.91. The zero-order chi connectivity index (χ0) is 22.4. The van der Waals surface area contributed by atoms with Gasteiger partial charge >= 0.3 is 18.4 Å². The number of alkyl halides is 6. The molecule has 0 N–H and O–H groups in total. The van der Waals surface area contributed by atoms with E-state index in [1.165, 1.54) is 19.1 Å². The second-order valence-corrected chi connectivity index (χ2v) is 7.60. The van der Waals surface area contributed by atoms with E-state index >= 15 is 0 Å². The highest BCUT2D eigenvalue weighted by atomic mass is 79.9. The van der Waals surface area contributed by atoms with E-state index in [0.29, 0.717) is 22.2 Å². The lowest BCUT2D eigenvalue weighted by Crippen LogP contribution is -2.31. The third kappa shape index (κ3) is 4.55. The molecule has 2 aromatic carbocycles. The Morgan fingerprint density at radius 3 is 2.10 bits per heavy atom. The first-order valence-electron chi connectivity index (χ1n) is 8.48. The first kappa shape index (κ1) is 22.4. The molecule has 1 aliphatic heterocycles. The summed E-state index contributed by atoms with van der Waals surface area (Å²) in [4.78, 5) is 13.4. The Kier molecular flexibility index (Phi) is 5.78. The molecule has 3 rings (SSSR count). The molecule has 0 aromatic heterocycles. The number of amides is 1. The monoisotopic (exact) mass is 499 g/mol. The Morgan fingerprint density at radius 2 is 1.57 bits per heavy atom. The Hall–Kier alpha value is -2.30. The Bertz CT molecular complexity index is 942. The highest BCUT2D eigenvalue weighted by Crippen LogP contribution is 2.41. The van der Waals surface area contributed by atoms with Crippen molar-refractivity contribution in [3.05, 3.63) is 68.9 Å². The summed E-state index contributed by atoms with van der Waals surface area (Å²) in [6, 6.07) is 3.92. The van der Waals surface area contributed by atoms with Crippen molar-refractivity contribution in [2.45, 2.75) is 38.0 Å². The van der Waals surface area contributed by atoms with Crippen molar-refractivity contribution in [1.29, 1.82) is 0 Å². The lowest BCUT2D eigenvalue weighted by molar-refractivity contribution is -0.143. The number of hydrogen-bond acceptors (Lipinski definition) is 2. The minimum absolute atomic E-state index is 0.00651. The number of halogens is 8. The molecular formula is C19H13BrF7NO2. The number of ether oxygens (including phenoxy) is 1. The van der Waals surface area contributed by atoms with Crippen LogP contribution < -0.4 is 0 Å². The van der Waals surface area contributed by atoms with Gasteiger partial charge in [-0.25, -0.2) is 9.18 Å². The van der Waals surface area contributed by atoms with Crippen molar-refractivity contribution >= 4 is 22.0 Å². The molecule has 0 spiro atoms. The zero-order valence-electron chi connectivity index (χ0n) is 15.1. The van der Waals surface area contributed by atoms with Gasteiger partial charge in [-0.3, -0.25) is 4.90 Å². The molecule has 11 heteroatoms. The molecule has 1 heterocycles. The van der Waals surface area contributed by atoms with Gasteiger partial charge in [-0.2, -0.15) is 26.3 Å². The van der Waals surface area contributed by atoms with Gasteiger partial charge in [0.05, 0.1) is 23.7 Å². The maximum atomic E-state index is 13.5. The Balaban J connectivity index is 1.97. The molecule has 1 fully saturated rings. The van der Waals surface area contributed by atoms with Crippen LogP contribution in [0.15, 0.2) is 40.9 Å². The van der Waals surface area contributed by atoms with E-state index in [-0.39, 0.29) is 12.6 Å². The number of carbonyl (C=O) groups excluding carboxylic acids is 1. The third-order valence-corrected chi connectivity index (χ3v) is 5.45. The maximum Gasteiger partial charge on any atom is 0.416 e. The van der Waals surface area contributed by atoms with Gasteiger partial charge in [-0.05, 0) is 54.4 Å². The molecule has 0 saturated carbocycles. The third-order valence-electron chi connectivity index (χ3n) is 4.68. The fraction of sp³-hybridized carbons (Fsp3) is 0.316. The van der Waals surface area contributed by atoms with Crippen molar-refractivity contribution < 1.29 is 40.3 Å². The van der Waals surface area contributed by atoms with Crippen LogP contribution in [0.5, 0.6) is 0 Å². The van der Waals surface area contributed by atoms with Gasteiger partial charge in [0.25, 0.3) is 0 Å². The molecule has 1 aliphatic rings. The molecule has 0 radical (unpaired) electrons. The molecule has 162 valence electrons. The molecule has 30 heavy (non-hydrogen) atoms. The largest absolute Gasteiger partial charge is 0.439 e. The van der Waals surface area contributed by atoms with Crippen LogP contribution in [0, 0.1) is 5.82 Å². The number of carbonyl (C=O) groups is 1. The number of nitrogens with zero attached hydrogens (tertiary/aromatic N) is 1. The smallest absolute Gasteiger partial charge is 0.416 e. The summed E-state index contributed by atoms with van der Waals surface area (Å²) in [6.07, 6.45) is -12.3. The van der Waals surface area contributed by atoms with Crippen LogP contribution in [0.25, 0.3) is 0 Å². The van der Waals surface area contributed by atoms with E-state index in [9.17, 15) is 35.5 Å². The lowest BCUT2D eigenvalue weighted by atomic mass is 9.97. The lowest BCUT2D eigenvalue weighted by Gasteiger charge is -2.22. The van der Waals surface area contributed by atoms with Crippen molar-refractivity contribution in [3.63, 3.8) is 0 Å². The van der Waals surface area contributed by atoms with E-state index in [0.717, 1.165) is 11.0 Å². The topological polar surface area (TPSA) is 29.5 Å². The first-order chi connectivity index (χ1) is 13.8. The van der Waals surface area contributed by atoms with Crippen LogP contribution >= 0.6 is 15.9 Å². The fourth-order valence-electron chi connectivity index (χ4n) is 3.15. The standard InChI is InChI=1S/C19H13BrF7NO2/c1-9-16(10-4-12(18(22,23)24)7-13(5-10)19(25,26)27)30-17(29)28(9)8-11-6-14(21)2-3-15(11)20/h2-7,9,16H,8H2,1H3. The molecule has 3 nitrogen and oxygen atoms in total. The summed E-state index contributed by atoms with van der Waals surface area (Å²) >= 11 is 3.20. The molecule has 2 atom stereocenters. The minimum Gasteiger partial charge on any atom is -0.439 e. The van der Waals surface area contributed by atoms with Crippen LogP contribution in [0.2, 0.25) is 0 Å². The second kappa shape index (κ2) is 7.75. The van der Waals surface area contributed by atoms with E-state index in [4.69, 9.17) is 4.74 Å². The van der Waals surface area contributed by atoms with Crippen LogP contribution in [0.4, 0.5) is 35.5 Å². The molecular weight excluding hydrogens is 487 g/mol. The summed E-state index contributed by atoms with van der Waals surface area (Å²) in [6.45, 7) is 1.27. The van der Waals surface area contributed by atoms with Crippen molar-refractivity contribution in [3.8, 4) is 0 Å². The van der Waals surface area contributed by atoms with Crippen LogP contribution in [0.3, 0.4) is 0 Å². The van der Waals surface area contributed by atoms with E-state index in [2.05, 4.69) is 15.9 Å². The quantitative estimate of drug-likeness (QED) is 0.439. The van der Waals surface area contributed by atoms with Crippen LogP contribution in [-0.4, -0.2) is 17.0 Å². The number of cyclic esters (lactones) is 1. The minimum atomic E-state index is -5.02. The normalized spacial score (nSPS) is 19.9. The zero-order valence-corrected chi connectivity index (χ0v) is 16.7. The maximum absolute atomic E-state index is 13.5. The van der Waals surface area contributed by atoms with Gasteiger partial charge in [0, 0.05) is 4.47 Å². The van der Waals surface area contributed by atoms with E-state index in [1.54, 1.807) is 0 Å². The summed E-state index contributed by atoms with van der Waals surface area (Å²) in [7, 11) is 0. The molecule has 1 saturated heterocycles. The summed E-state index contributed by atoms with van der Waals surface area (Å²) in [5.74, 6) is -0.572. The SMILES string of the molecule is CC1C(c2cc(C(F)(F)F)cc(C(F)(F)F)c2)OC(=O)N1Cc1cc(F)ccc1Br. The molecule has 0 bridgehead atoms. The summed E-state index contributed by atoms with van der Waals surface area (Å²) in [5.41, 5.74) is -3.07. The first-order valence-corrected chi connectivity index (χ1v) is 9.27. The predicted octanol–water partition coefficient (Wildman–Crippen LogP) is 6.71. The average molecular weight is 500 g/mol. The second-order valence-electron chi connectivity index (χ2n) is 6.75. The van der Waals surface area contributed by atoms with Crippen molar-refractivity contribution in [2.75, 3.05) is 0 Å². The number of rotatable bonds is 3. The number of hydrogen-bond donors (Lipinski definition) is 0. The van der Waals surface area contributed by atoms with Crippen LogP contribution in [0.1, 0.15) is 35.3 Å². The molecule has 1 amide bonds. The van der Waals surface area contributed by atoms with E-state index < -0.39 is 53.1 Å².